The molecule has 11 atom stereocenters. The first-order chi connectivity index (χ1) is 34.0. The van der Waals surface area contributed by atoms with Gasteiger partial charge < -0.3 is 64.2 Å². The molecule has 2 saturated heterocycles. The molecule has 15 heteroatoms. The van der Waals surface area contributed by atoms with Crippen LogP contribution in [0.2, 0.25) is 0 Å². The van der Waals surface area contributed by atoms with Crippen LogP contribution in [-0.2, 0) is 38.0 Å². The van der Waals surface area contributed by atoms with Gasteiger partial charge in [-0.2, -0.15) is 0 Å². The summed E-state index contributed by atoms with van der Waals surface area (Å²) in [4.78, 5) is 25.7. The zero-order valence-electron chi connectivity index (χ0n) is 42.5. The van der Waals surface area contributed by atoms with Gasteiger partial charge >= 0.3 is 11.9 Å². The second kappa shape index (κ2) is 41.4. The van der Waals surface area contributed by atoms with Gasteiger partial charge in [0.1, 0.15) is 55.4 Å². The molecule has 2 aliphatic heterocycles. The molecule has 7 N–H and O–H groups in total. The van der Waals surface area contributed by atoms with E-state index in [0.717, 1.165) is 64.2 Å². The van der Waals surface area contributed by atoms with Gasteiger partial charge in [-0.15, -0.1) is 0 Å². The third-order valence-corrected chi connectivity index (χ3v) is 12.2. The van der Waals surface area contributed by atoms with E-state index in [0.29, 0.717) is 19.3 Å². The van der Waals surface area contributed by atoms with Crippen molar-refractivity contribution in [2.75, 3.05) is 26.4 Å². The van der Waals surface area contributed by atoms with Crippen LogP contribution >= 0.6 is 0 Å². The highest BCUT2D eigenvalue weighted by molar-refractivity contribution is 5.70. The number of ether oxygens (including phenoxy) is 6. The maximum atomic E-state index is 13.0. The summed E-state index contributed by atoms with van der Waals surface area (Å²) in [6, 6.07) is 0. The van der Waals surface area contributed by atoms with Crippen molar-refractivity contribution in [1.82, 2.24) is 0 Å². The lowest BCUT2D eigenvalue weighted by Crippen LogP contribution is -2.61. The third-order valence-electron chi connectivity index (χ3n) is 12.2. The van der Waals surface area contributed by atoms with Crippen molar-refractivity contribution in [1.29, 1.82) is 0 Å². The highest BCUT2D eigenvalue weighted by Gasteiger charge is 2.47. The number of rotatable bonds is 40. The van der Waals surface area contributed by atoms with E-state index in [1.807, 2.05) is 12.2 Å². The first-order valence-electron chi connectivity index (χ1n) is 26.5. The van der Waals surface area contributed by atoms with Crippen LogP contribution in [0.4, 0.5) is 0 Å². The normalized spacial score (nSPS) is 26.0. The van der Waals surface area contributed by atoms with Crippen molar-refractivity contribution in [3.8, 4) is 0 Å². The van der Waals surface area contributed by atoms with Gasteiger partial charge in [-0.3, -0.25) is 9.59 Å². The van der Waals surface area contributed by atoms with E-state index in [1.165, 1.54) is 57.8 Å². The molecule has 0 aromatic heterocycles. The summed E-state index contributed by atoms with van der Waals surface area (Å²) in [5, 5.41) is 72.1. The van der Waals surface area contributed by atoms with Crippen molar-refractivity contribution < 1.29 is 73.8 Å². The summed E-state index contributed by atoms with van der Waals surface area (Å²) < 4.78 is 33.5. The summed E-state index contributed by atoms with van der Waals surface area (Å²) in [6.07, 6.45) is 32.2. The van der Waals surface area contributed by atoms with Gasteiger partial charge in [0.05, 0.1) is 19.8 Å². The molecule has 0 saturated carbocycles. The summed E-state index contributed by atoms with van der Waals surface area (Å²) in [5.74, 6) is -1.04. The molecule has 0 bridgehead atoms. The SMILES string of the molecule is CCCCC/C=C/C/C=C/C/C=C/C/C=C/C/C=C/CCC(=O)O[C@H](COC(=O)CCCCCCC/C=C/CCCCCCCC)CO[C@H]1O[C@@H](CO[C@H]2O[C@@H](CO)[C@@H](O)C(O)C2O)[C@@H](O)C(O)C1O. The molecule has 2 fully saturated rings. The smallest absolute Gasteiger partial charge is 0.306 e. The van der Waals surface area contributed by atoms with E-state index in [4.69, 9.17) is 28.4 Å². The van der Waals surface area contributed by atoms with Gasteiger partial charge in [0.15, 0.2) is 18.7 Å². The minimum absolute atomic E-state index is 0.0370. The van der Waals surface area contributed by atoms with E-state index >= 15 is 0 Å². The molecule has 0 aromatic rings. The standard InChI is InChI=1S/C55H92O15/c1-3-5-7-9-11-13-15-17-19-20-21-22-24-26-28-30-32-34-36-38-47(58)68-43(40-65-46(57)37-35-33-31-29-27-25-23-18-16-14-12-10-8-6-4-2)41-66-54-53(64)51(62)49(60)45(70-54)42-67-55-52(63)50(61)48(59)44(39-56)69-55/h11,13,17-19,21-23,26,28,32,34,43-45,48-56,59-64H,3-10,12,14-16,20,24-25,27,29-31,33,35-42H2,1-2H3/b13-11+,19-17+,22-21+,23-18+,28-26+,34-32+/t43-,44+,45+,48-,49-,50?,51?,52?,53?,54+,55+/m1/s1. The van der Waals surface area contributed by atoms with Crippen LogP contribution in [0.15, 0.2) is 72.9 Å². The van der Waals surface area contributed by atoms with E-state index in [-0.39, 0.29) is 19.4 Å². The molecule has 0 aliphatic carbocycles. The Morgan fingerprint density at radius 3 is 1.44 bits per heavy atom. The number of carbonyl (C=O) groups excluding carboxylic acids is 2. The number of allylic oxidation sites excluding steroid dienone is 12. The lowest BCUT2D eigenvalue weighted by molar-refractivity contribution is -0.332. The monoisotopic (exact) mass is 993 g/mol. The molecule has 402 valence electrons. The van der Waals surface area contributed by atoms with Gasteiger partial charge in [-0.05, 0) is 77.0 Å². The molecule has 0 amide bonds. The third kappa shape index (κ3) is 28.8. The lowest BCUT2D eigenvalue weighted by Gasteiger charge is -2.42. The Kier molecular flexibility index (Phi) is 37.3. The maximum absolute atomic E-state index is 13.0. The summed E-state index contributed by atoms with van der Waals surface area (Å²) >= 11 is 0. The van der Waals surface area contributed by atoms with Gasteiger partial charge in [-0.25, -0.2) is 0 Å². The number of aliphatic hydroxyl groups is 7. The van der Waals surface area contributed by atoms with Crippen LogP contribution in [-0.4, -0.2) is 142 Å². The second-order valence-corrected chi connectivity index (χ2v) is 18.3. The van der Waals surface area contributed by atoms with E-state index < -0.39 is 99.3 Å². The quantitative estimate of drug-likeness (QED) is 0.0176. The van der Waals surface area contributed by atoms with Crippen molar-refractivity contribution >= 4 is 11.9 Å². The topological polar surface area (TPSA) is 231 Å². The number of hydrogen-bond donors (Lipinski definition) is 7. The van der Waals surface area contributed by atoms with Crippen LogP contribution in [0.3, 0.4) is 0 Å². The van der Waals surface area contributed by atoms with Crippen molar-refractivity contribution in [2.24, 2.45) is 0 Å². The van der Waals surface area contributed by atoms with Crippen molar-refractivity contribution in [3.63, 3.8) is 0 Å². The second-order valence-electron chi connectivity index (χ2n) is 18.3. The molecule has 70 heavy (non-hydrogen) atoms. The van der Waals surface area contributed by atoms with E-state index in [2.05, 4.69) is 74.6 Å². The summed E-state index contributed by atoms with van der Waals surface area (Å²) in [6.45, 7) is 2.46. The molecular formula is C55H92O15. The Hall–Kier alpha value is -3.06. The minimum atomic E-state index is -1.78. The summed E-state index contributed by atoms with van der Waals surface area (Å²) in [7, 11) is 0. The molecule has 0 aromatic carbocycles. The zero-order chi connectivity index (χ0) is 51.0. The molecule has 0 radical (unpaired) electrons. The Morgan fingerprint density at radius 2 is 0.886 bits per heavy atom. The Morgan fingerprint density at radius 1 is 0.457 bits per heavy atom. The molecule has 2 heterocycles. The molecule has 0 spiro atoms. The predicted octanol–water partition coefficient (Wildman–Crippen LogP) is 7.82. The number of aliphatic hydroxyl groups excluding tert-OH is 7. The van der Waals surface area contributed by atoms with Crippen LogP contribution in [0.25, 0.3) is 0 Å². The lowest BCUT2D eigenvalue weighted by atomic mass is 9.98. The average Bonchev–Trinajstić information content (AvgIpc) is 3.35. The van der Waals surface area contributed by atoms with Crippen LogP contribution in [0, 0.1) is 0 Å². The number of hydrogen-bond acceptors (Lipinski definition) is 15. The van der Waals surface area contributed by atoms with Gasteiger partial charge in [0.2, 0.25) is 0 Å². The first-order valence-corrected chi connectivity index (χ1v) is 26.5. The molecular weight excluding hydrogens is 901 g/mol. The zero-order valence-corrected chi connectivity index (χ0v) is 42.5. The van der Waals surface area contributed by atoms with Crippen LogP contribution < -0.4 is 0 Å². The van der Waals surface area contributed by atoms with Gasteiger partial charge in [0.25, 0.3) is 0 Å². The molecule has 4 unspecified atom stereocenters. The van der Waals surface area contributed by atoms with Gasteiger partial charge in [-0.1, -0.05) is 151 Å². The number of unbranched alkanes of at least 4 members (excludes halogenated alkanes) is 14. The number of esters is 2. The largest absolute Gasteiger partial charge is 0.462 e. The Labute approximate surface area is 419 Å². The van der Waals surface area contributed by atoms with E-state index in [1.54, 1.807) is 0 Å². The van der Waals surface area contributed by atoms with Crippen LogP contribution in [0.1, 0.15) is 168 Å². The van der Waals surface area contributed by atoms with Crippen molar-refractivity contribution in [2.45, 2.75) is 235 Å². The maximum Gasteiger partial charge on any atom is 0.306 e. The first kappa shape index (κ1) is 63.1. The Balaban J connectivity index is 1.84. The number of carbonyl (C=O) groups is 2. The van der Waals surface area contributed by atoms with Crippen LogP contribution in [0.5, 0.6) is 0 Å². The fourth-order valence-electron chi connectivity index (χ4n) is 7.78. The van der Waals surface area contributed by atoms with Crippen molar-refractivity contribution in [3.05, 3.63) is 72.9 Å². The molecule has 2 aliphatic rings. The fraction of sp³-hybridized carbons (Fsp3) is 0.745. The summed E-state index contributed by atoms with van der Waals surface area (Å²) in [5.41, 5.74) is 0. The minimum Gasteiger partial charge on any atom is -0.462 e. The predicted molar refractivity (Wildman–Crippen MR) is 270 cm³/mol. The Bertz CT molecular complexity index is 1490. The fourth-order valence-corrected chi connectivity index (χ4v) is 7.78. The van der Waals surface area contributed by atoms with Gasteiger partial charge in [0, 0.05) is 12.8 Å². The highest BCUT2D eigenvalue weighted by Crippen LogP contribution is 2.26. The van der Waals surface area contributed by atoms with E-state index in [9.17, 15) is 45.3 Å². The average molecular weight is 993 g/mol. The molecule has 15 nitrogen and oxygen atoms in total. The molecule has 2 rings (SSSR count). The highest BCUT2D eigenvalue weighted by atomic mass is 16.7.